The third-order valence-electron chi connectivity index (χ3n) is 6.96. The van der Waals surface area contributed by atoms with Gasteiger partial charge in [-0.1, -0.05) is 54.2 Å². The molecule has 1 aliphatic heterocycles. The van der Waals surface area contributed by atoms with E-state index >= 15 is 0 Å². The molecular formula is C26H19Cl2NO4S. The molecule has 172 valence electrons. The Bertz CT molecular complexity index is 1580. The van der Waals surface area contributed by atoms with Crippen molar-refractivity contribution in [3.05, 3.63) is 90.6 Å². The van der Waals surface area contributed by atoms with Crippen LogP contribution in [0.25, 0.3) is 16.7 Å². The maximum Gasteiger partial charge on any atom is 0.354 e. The van der Waals surface area contributed by atoms with Gasteiger partial charge in [0, 0.05) is 32.1 Å². The smallest absolute Gasteiger partial charge is 0.354 e. The van der Waals surface area contributed by atoms with E-state index in [1.807, 2.05) is 12.1 Å². The van der Waals surface area contributed by atoms with Gasteiger partial charge in [-0.05, 0) is 60.9 Å². The summed E-state index contributed by atoms with van der Waals surface area (Å²) in [4.78, 5) is 27.4. The van der Waals surface area contributed by atoms with Gasteiger partial charge in [0.25, 0.3) is 5.56 Å². The molecule has 2 aromatic heterocycles. The predicted octanol–water partition coefficient (Wildman–Crippen LogP) is 6.67. The molecular weight excluding hydrogens is 493 g/mol. The summed E-state index contributed by atoms with van der Waals surface area (Å²) in [5.41, 5.74) is 1.22. The SMILES string of the molecule is O=c1oc2cc3n(c(=O)c2c(O)c1Sc1ccc(Cl)cc1)-c1ccc(Cl)cc1C31CCCCC1. The summed E-state index contributed by atoms with van der Waals surface area (Å²) >= 11 is 13.4. The minimum absolute atomic E-state index is 0.00595. The molecule has 4 aromatic rings. The maximum absolute atomic E-state index is 13.9. The second-order valence-corrected chi connectivity index (χ2v) is 10.8. The first-order chi connectivity index (χ1) is 16.4. The Labute approximate surface area is 208 Å². The van der Waals surface area contributed by atoms with Crippen molar-refractivity contribution in [2.24, 2.45) is 0 Å². The lowest BCUT2D eigenvalue weighted by atomic mass is 9.68. The average Bonchev–Trinajstić information content (AvgIpc) is 3.07. The van der Waals surface area contributed by atoms with Crippen molar-refractivity contribution in [2.45, 2.75) is 47.3 Å². The van der Waals surface area contributed by atoms with E-state index in [2.05, 4.69) is 0 Å². The van der Waals surface area contributed by atoms with Gasteiger partial charge in [-0.3, -0.25) is 9.36 Å². The molecule has 1 N–H and O–H groups in total. The Hall–Kier alpha value is -2.67. The number of hydrogen-bond acceptors (Lipinski definition) is 5. The summed E-state index contributed by atoms with van der Waals surface area (Å²) in [6.07, 6.45) is 4.96. The van der Waals surface area contributed by atoms with Gasteiger partial charge in [-0.25, -0.2) is 4.79 Å². The zero-order valence-corrected chi connectivity index (χ0v) is 20.3. The molecule has 6 rings (SSSR count). The Morgan fingerprint density at radius 3 is 2.38 bits per heavy atom. The predicted molar refractivity (Wildman–Crippen MR) is 134 cm³/mol. The molecule has 0 bridgehead atoms. The zero-order chi connectivity index (χ0) is 23.6. The monoisotopic (exact) mass is 511 g/mol. The fourth-order valence-corrected chi connectivity index (χ4v) is 6.58. The number of rotatable bonds is 2. The van der Waals surface area contributed by atoms with Gasteiger partial charge in [0.2, 0.25) is 0 Å². The highest BCUT2D eigenvalue weighted by Crippen LogP contribution is 2.52. The summed E-state index contributed by atoms with van der Waals surface area (Å²) in [7, 11) is 0. The standard InChI is InChI=1S/C26H19Cl2NO4S/c27-14-4-7-16(8-5-14)34-23-22(30)21-19(33-25(23)32)13-20-26(10-2-1-3-11-26)17-12-15(28)6-9-18(17)29(20)24(21)31/h4-9,12-13,30H,1-3,10-11H2. The fourth-order valence-electron chi connectivity index (χ4n) is 5.45. The number of aromatic hydroxyl groups is 1. The lowest BCUT2D eigenvalue weighted by Crippen LogP contribution is -2.31. The zero-order valence-electron chi connectivity index (χ0n) is 17.9. The van der Waals surface area contributed by atoms with Crippen LogP contribution in [0.1, 0.15) is 43.4 Å². The Balaban J connectivity index is 1.62. The van der Waals surface area contributed by atoms with Crippen molar-refractivity contribution in [3.63, 3.8) is 0 Å². The molecule has 34 heavy (non-hydrogen) atoms. The summed E-state index contributed by atoms with van der Waals surface area (Å²) in [5.74, 6) is -0.369. The van der Waals surface area contributed by atoms with Gasteiger partial charge in [-0.15, -0.1) is 0 Å². The van der Waals surface area contributed by atoms with Gasteiger partial charge < -0.3 is 9.52 Å². The fraction of sp³-hybridized carbons (Fsp3) is 0.231. The van der Waals surface area contributed by atoms with Crippen LogP contribution in [-0.4, -0.2) is 9.67 Å². The quantitative estimate of drug-likeness (QED) is 0.325. The second-order valence-electron chi connectivity index (χ2n) is 8.84. The summed E-state index contributed by atoms with van der Waals surface area (Å²) in [5, 5.41) is 12.3. The van der Waals surface area contributed by atoms with Crippen LogP contribution in [-0.2, 0) is 5.41 Å². The molecule has 2 aliphatic rings. The summed E-state index contributed by atoms with van der Waals surface area (Å²) in [6.45, 7) is 0. The lowest BCUT2D eigenvalue weighted by Gasteiger charge is -2.34. The Kier molecular flexibility index (Phi) is 5.10. The van der Waals surface area contributed by atoms with Crippen LogP contribution in [0.3, 0.4) is 0 Å². The molecule has 3 heterocycles. The van der Waals surface area contributed by atoms with Crippen molar-refractivity contribution in [3.8, 4) is 11.4 Å². The maximum atomic E-state index is 13.9. The second kappa shape index (κ2) is 7.94. The normalized spacial score (nSPS) is 16.1. The van der Waals surface area contributed by atoms with E-state index < -0.39 is 11.2 Å². The number of benzene rings is 2. The van der Waals surface area contributed by atoms with Gasteiger partial charge in [0.05, 0.1) is 5.69 Å². The number of aromatic nitrogens is 1. The highest BCUT2D eigenvalue weighted by molar-refractivity contribution is 7.99. The van der Waals surface area contributed by atoms with Crippen LogP contribution in [0.4, 0.5) is 0 Å². The third-order valence-corrected chi connectivity index (χ3v) is 8.52. The van der Waals surface area contributed by atoms with Crippen molar-refractivity contribution in [2.75, 3.05) is 0 Å². The van der Waals surface area contributed by atoms with Crippen LogP contribution in [0.2, 0.25) is 10.0 Å². The molecule has 0 amide bonds. The first kappa shape index (κ1) is 21.8. The van der Waals surface area contributed by atoms with E-state index in [9.17, 15) is 14.7 Å². The molecule has 1 aliphatic carbocycles. The van der Waals surface area contributed by atoms with E-state index in [-0.39, 0.29) is 27.0 Å². The van der Waals surface area contributed by atoms with Gasteiger partial charge in [-0.2, -0.15) is 0 Å². The van der Waals surface area contributed by atoms with Crippen molar-refractivity contribution < 1.29 is 9.52 Å². The Morgan fingerprint density at radius 1 is 0.941 bits per heavy atom. The first-order valence-electron chi connectivity index (χ1n) is 11.1. The van der Waals surface area contributed by atoms with Crippen molar-refractivity contribution in [1.82, 2.24) is 4.57 Å². The number of hydrogen-bond donors (Lipinski definition) is 1. The number of nitrogens with zero attached hydrogens (tertiary/aromatic N) is 1. The summed E-state index contributed by atoms with van der Waals surface area (Å²) in [6, 6.07) is 14.2. The minimum Gasteiger partial charge on any atom is -0.505 e. The molecule has 1 spiro atoms. The number of pyridine rings is 1. The number of fused-ring (bicyclic) bond motifs is 6. The molecule has 5 nitrogen and oxygen atoms in total. The lowest BCUT2D eigenvalue weighted by molar-refractivity contribution is 0.346. The molecule has 8 heteroatoms. The highest BCUT2D eigenvalue weighted by Gasteiger charge is 2.45. The molecule has 1 saturated carbocycles. The molecule has 0 saturated heterocycles. The summed E-state index contributed by atoms with van der Waals surface area (Å²) < 4.78 is 7.29. The molecule has 0 unspecified atom stereocenters. The van der Waals surface area contributed by atoms with Crippen LogP contribution >= 0.6 is 35.0 Å². The molecule has 0 atom stereocenters. The van der Waals surface area contributed by atoms with E-state index in [1.165, 1.54) is 0 Å². The average molecular weight is 512 g/mol. The Morgan fingerprint density at radius 2 is 1.65 bits per heavy atom. The molecule has 1 fully saturated rings. The largest absolute Gasteiger partial charge is 0.505 e. The van der Waals surface area contributed by atoms with Crippen LogP contribution < -0.4 is 11.2 Å². The van der Waals surface area contributed by atoms with Crippen molar-refractivity contribution >= 4 is 45.9 Å². The molecule has 2 aromatic carbocycles. The van der Waals surface area contributed by atoms with Crippen LogP contribution in [0.15, 0.2) is 72.3 Å². The minimum atomic E-state index is -0.689. The van der Waals surface area contributed by atoms with E-state index in [4.69, 9.17) is 27.6 Å². The van der Waals surface area contributed by atoms with E-state index in [0.29, 0.717) is 14.9 Å². The molecule has 0 radical (unpaired) electrons. The first-order valence-corrected chi connectivity index (χ1v) is 12.7. The highest BCUT2D eigenvalue weighted by atomic mass is 35.5. The topological polar surface area (TPSA) is 72.4 Å². The third kappa shape index (κ3) is 3.16. The van der Waals surface area contributed by atoms with Gasteiger partial charge in [0.1, 0.15) is 15.9 Å². The van der Waals surface area contributed by atoms with Gasteiger partial charge in [0.15, 0.2) is 5.75 Å². The van der Waals surface area contributed by atoms with Crippen LogP contribution in [0.5, 0.6) is 5.75 Å². The van der Waals surface area contributed by atoms with Gasteiger partial charge >= 0.3 is 5.63 Å². The van der Waals surface area contributed by atoms with Crippen LogP contribution in [0, 0.1) is 0 Å². The number of halogens is 2. The van der Waals surface area contributed by atoms with E-state index in [1.54, 1.807) is 41.0 Å². The van der Waals surface area contributed by atoms with Crippen molar-refractivity contribution in [1.29, 1.82) is 0 Å². The van der Waals surface area contributed by atoms with E-state index in [0.717, 1.165) is 60.8 Å².